The van der Waals surface area contributed by atoms with E-state index in [2.05, 4.69) is 4.72 Å². The van der Waals surface area contributed by atoms with E-state index >= 15 is 0 Å². The Morgan fingerprint density at radius 1 is 1.23 bits per heavy atom. The molecule has 148 valence electrons. The molecule has 0 unspecified atom stereocenters. The first kappa shape index (κ1) is 21.4. The highest BCUT2D eigenvalue weighted by Crippen LogP contribution is 2.35. The van der Waals surface area contributed by atoms with Crippen LogP contribution in [0.1, 0.15) is 24.8 Å². The molecule has 0 bridgehead atoms. The number of hydrogen-bond acceptors (Lipinski definition) is 4. The Kier molecular flexibility index (Phi) is 6.28. The van der Waals surface area contributed by atoms with Crippen molar-refractivity contribution in [3.63, 3.8) is 0 Å². The molecule has 1 aliphatic heterocycles. The molecular weight excluding hydrogens is 417 g/mol. The van der Waals surface area contributed by atoms with E-state index < -0.39 is 42.7 Å². The fourth-order valence-electron chi connectivity index (χ4n) is 2.75. The molecule has 6 nitrogen and oxygen atoms in total. The lowest BCUT2D eigenvalue weighted by Gasteiger charge is -2.35. The molecule has 1 aliphatic rings. The molecule has 1 fully saturated rings. The molecule has 2 rings (SSSR count). The van der Waals surface area contributed by atoms with Crippen molar-refractivity contribution in [1.82, 2.24) is 9.03 Å². The second-order valence-corrected chi connectivity index (χ2v) is 10.1. The lowest BCUT2D eigenvalue weighted by atomic mass is 10.1. The molecule has 0 saturated carbocycles. The van der Waals surface area contributed by atoms with Gasteiger partial charge in [0.2, 0.25) is 20.0 Å². The fourth-order valence-corrected chi connectivity index (χ4v) is 5.44. The normalized spacial score (nSPS) is 20.3. The molecule has 1 atom stereocenters. The van der Waals surface area contributed by atoms with Crippen molar-refractivity contribution >= 4 is 31.6 Å². The van der Waals surface area contributed by atoms with Crippen LogP contribution in [0.2, 0.25) is 5.02 Å². The maximum Gasteiger partial charge on any atom is 0.416 e. The molecule has 1 heterocycles. The van der Waals surface area contributed by atoms with Gasteiger partial charge >= 0.3 is 6.18 Å². The van der Waals surface area contributed by atoms with Crippen LogP contribution in [0.3, 0.4) is 0 Å². The zero-order valence-corrected chi connectivity index (χ0v) is 16.1. The second-order valence-electron chi connectivity index (χ2n) is 6.03. The highest BCUT2D eigenvalue weighted by molar-refractivity contribution is 7.89. The van der Waals surface area contributed by atoms with Crippen LogP contribution in [0.4, 0.5) is 13.2 Å². The molecule has 0 aromatic heterocycles. The van der Waals surface area contributed by atoms with E-state index in [1.165, 1.54) is 0 Å². The summed E-state index contributed by atoms with van der Waals surface area (Å²) < 4.78 is 90.5. The summed E-state index contributed by atoms with van der Waals surface area (Å²) in [4.78, 5) is -0.639. The minimum atomic E-state index is -4.71. The van der Waals surface area contributed by atoms with E-state index in [0.29, 0.717) is 31.4 Å². The summed E-state index contributed by atoms with van der Waals surface area (Å²) in [6.45, 7) is -0.0837. The number of sulfonamides is 2. The number of halogens is 4. The Hall–Kier alpha value is -0.880. The highest BCUT2D eigenvalue weighted by atomic mass is 35.5. The summed E-state index contributed by atoms with van der Waals surface area (Å²) >= 11 is 5.86. The molecule has 1 N–H and O–H groups in total. The second kappa shape index (κ2) is 7.63. The van der Waals surface area contributed by atoms with Gasteiger partial charge in [-0.15, -0.1) is 0 Å². The van der Waals surface area contributed by atoms with Gasteiger partial charge in [0.1, 0.15) is 4.90 Å². The van der Waals surface area contributed by atoms with Crippen LogP contribution in [0.25, 0.3) is 0 Å². The van der Waals surface area contributed by atoms with E-state index in [-0.39, 0.29) is 18.1 Å². The highest BCUT2D eigenvalue weighted by Gasteiger charge is 2.37. The smallest absolute Gasteiger partial charge is 0.214 e. The average Bonchev–Trinajstić information content (AvgIpc) is 2.51. The Morgan fingerprint density at radius 2 is 1.88 bits per heavy atom. The van der Waals surface area contributed by atoms with E-state index in [4.69, 9.17) is 11.6 Å². The van der Waals surface area contributed by atoms with Gasteiger partial charge in [0.25, 0.3) is 0 Å². The first-order chi connectivity index (χ1) is 11.8. The van der Waals surface area contributed by atoms with Crippen LogP contribution in [-0.4, -0.2) is 46.5 Å². The van der Waals surface area contributed by atoms with Crippen LogP contribution in [0.5, 0.6) is 0 Å². The number of benzene rings is 1. The maximum atomic E-state index is 12.9. The molecule has 1 saturated heterocycles. The van der Waals surface area contributed by atoms with E-state index in [1.807, 2.05) is 0 Å². The van der Waals surface area contributed by atoms with Crippen molar-refractivity contribution in [3.8, 4) is 0 Å². The Morgan fingerprint density at radius 3 is 2.46 bits per heavy atom. The zero-order chi connectivity index (χ0) is 19.8. The van der Waals surface area contributed by atoms with Gasteiger partial charge in [-0.25, -0.2) is 21.6 Å². The minimum absolute atomic E-state index is 0.0744. The van der Waals surface area contributed by atoms with E-state index in [1.54, 1.807) is 0 Å². The molecule has 12 heteroatoms. The molecule has 26 heavy (non-hydrogen) atoms. The summed E-state index contributed by atoms with van der Waals surface area (Å²) in [5, 5.41) is -0.321. The van der Waals surface area contributed by atoms with E-state index in [0.717, 1.165) is 16.6 Å². The van der Waals surface area contributed by atoms with Gasteiger partial charge in [0, 0.05) is 19.1 Å². The van der Waals surface area contributed by atoms with Gasteiger partial charge in [0.05, 0.1) is 16.8 Å². The monoisotopic (exact) mass is 434 g/mol. The summed E-state index contributed by atoms with van der Waals surface area (Å²) in [5.74, 6) is 0. The van der Waals surface area contributed by atoms with Gasteiger partial charge in [-0.3, -0.25) is 0 Å². The van der Waals surface area contributed by atoms with Crippen LogP contribution >= 0.6 is 11.6 Å². The number of nitrogens with zero attached hydrogens (tertiary/aromatic N) is 1. The van der Waals surface area contributed by atoms with Gasteiger partial charge in [-0.05, 0) is 31.0 Å². The topological polar surface area (TPSA) is 83.6 Å². The third-order valence-corrected chi connectivity index (χ3v) is 7.12. The molecule has 1 aromatic carbocycles. The van der Waals surface area contributed by atoms with Crippen molar-refractivity contribution in [3.05, 3.63) is 28.8 Å². The zero-order valence-electron chi connectivity index (χ0n) is 13.8. The molecule has 1 aromatic rings. The third kappa shape index (κ3) is 5.10. The lowest BCUT2D eigenvalue weighted by molar-refractivity contribution is -0.137. The predicted octanol–water partition coefficient (Wildman–Crippen LogP) is 2.45. The molecular formula is C14H18ClF3N2O4S2. The Balaban J connectivity index is 2.41. The first-order valence-corrected chi connectivity index (χ1v) is 11.4. The SMILES string of the molecule is CS(=O)(=O)NC[C@@H]1CCCCN1S(=O)(=O)c1cc(C(F)(F)F)ccc1Cl. The largest absolute Gasteiger partial charge is 0.416 e. The molecule has 0 radical (unpaired) electrons. The predicted molar refractivity (Wildman–Crippen MR) is 90.8 cm³/mol. The summed E-state index contributed by atoms with van der Waals surface area (Å²) in [7, 11) is -7.86. The molecule has 0 spiro atoms. The van der Waals surface area contributed by atoms with Crippen LogP contribution < -0.4 is 4.72 Å². The average molecular weight is 435 g/mol. The van der Waals surface area contributed by atoms with Gasteiger partial charge in [0.15, 0.2) is 0 Å². The summed E-state index contributed by atoms with van der Waals surface area (Å²) in [6.07, 6.45) is -2.19. The first-order valence-electron chi connectivity index (χ1n) is 7.65. The number of piperidine rings is 1. The Labute approximate surface area is 155 Å². The minimum Gasteiger partial charge on any atom is -0.214 e. The standard InChI is InChI=1S/C14H18ClF3N2O4S2/c1-25(21,22)19-9-11-4-2-3-7-20(11)26(23,24)13-8-10(14(16,17)18)5-6-12(13)15/h5-6,8,11,19H,2-4,7,9H2,1H3/t11-/m0/s1. The van der Waals surface area contributed by atoms with Crippen molar-refractivity contribution in [1.29, 1.82) is 0 Å². The fraction of sp³-hybridized carbons (Fsp3) is 0.571. The van der Waals surface area contributed by atoms with Gasteiger partial charge in [-0.2, -0.15) is 17.5 Å². The van der Waals surface area contributed by atoms with Crippen molar-refractivity contribution < 1.29 is 30.0 Å². The van der Waals surface area contributed by atoms with Crippen LogP contribution in [0, 0.1) is 0 Å². The maximum absolute atomic E-state index is 12.9. The summed E-state index contributed by atoms with van der Waals surface area (Å²) in [5.41, 5.74) is -1.12. The number of nitrogens with one attached hydrogen (secondary N) is 1. The number of rotatable bonds is 5. The van der Waals surface area contributed by atoms with Crippen LogP contribution in [-0.2, 0) is 26.2 Å². The third-order valence-electron chi connectivity index (χ3n) is 4.00. The lowest BCUT2D eigenvalue weighted by Crippen LogP contribution is -2.49. The molecule has 0 amide bonds. The van der Waals surface area contributed by atoms with Gasteiger partial charge in [-0.1, -0.05) is 18.0 Å². The van der Waals surface area contributed by atoms with Gasteiger partial charge < -0.3 is 0 Å². The van der Waals surface area contributed by atoms with Crippen molar-refractivity contribution in [2.75, 3.05) is 19.3 Å². The Bertz CT molecular complexity index is 873. The van der Waals surface area contributed by atoms with Crippen LogP contribution in [0.15, 0.2) is 23.1 Å². The quantitative estimate of drug-likeness (QED) is 0.771. The molecule has 0 aliphatic carbocycles. The van der Waals surface area contributed by atoms with E-state index in [9.17, 15) is 30.0 Å². The number of alkyl halides is 3. The van der Waals surface area contributed by atoms with Crippen molar-refractivity contribution in [2.45, 2.75) is 36.4 Å². The number of hydrogen-bond donors (Lipinski definition) is 1. The summed E-state index contributed by atoms with van der Waals surface area (Å²) in [6, 6.07) is 1.41. The van der Waals surface area contributed by atoms with Crippen molar-refractivity contribution in [2.24, 2.45) is 0 Å².